The topological polar surface area (TPSA) is 70.9 Å². The van der Waals surface area contributed by atoms with Crippen molar-refractivity contribution in [2.24, 2.45) is 12.8 Å². The summed E-state index contributed by atoms with van der Waals surface area (Å²) in [6, 6.07) is 0. The molecule has 0 saturated heterocycles. The van der Waals surface area contributed by atoms with Crippen LogP contribution in [0.2, 0.25) is 0 Å². The molecule has 0 amide bonds. The van der Waals surface area contributed by atoms with E-state index in [4.69, 9.17) is 11.1 Å². The molecule has 0 radical (unpaired) electrons. The van der Waals surface area contributed by atoms with Gasteiger partial charge in [0.1, 0.15) is 0 Å². The van der Waals surface area contributed by atoms with Gasteiger partial charge in [0.2, 0.25) is 0 Å². The first-order valence-electron chi connectivity index (χ1n) is 3.62. The first-order valence-corrected chi connectivity index (χ1v) is 3.62. The molecule has 0 aliphatic heterocycles. The first-order chi connectivity index (χ1) is 5.59. The van der Waals surface area contributed by atoms with E-state index in [1.165, 1.54) is 0 Å². The molecule has 5 nitrogen and oxygen atoms in total. The molecule has 1 aromatic heterocycles. The highest BCUT2D eigenvalue weighted by atomic mass is 15.3. The number of aryl methyl sites for hydroxylation is 1. The number of guanidine groups is 1. The van der Waals surface area contributed by atoms with E-state index in [9.17, 15) is 0 Å². The molecular formula is C7H13N5. The first kappa shape index (κ1) is 8.58. The van der Waals surface area contributed by atoms with Crippen LogP contribution in [0, 0.1) is 5.41 Å². The van der Waals surface area contributed by atoms with Crippen molar-refractivity contribution in [3.8, 4) is 0 Å². The van der Waals surface area contributed by atoms with Crippen molar-refractivity contribution in [1.29, 1.82) is 5.41 Å². The van der Waals surface area contributed by atoms with E-state index in [1.807, 2.05) is 13.2 Å². The van der Waals surface area contributed by atoms with E-state index >= 15 is 0 Å². The fourth-order valence-corrected chi connectivity index (χ4v) is 0.913. The van der Waals surface area contributed by atoms with Crippen LogP contribution in [0.25, 0.3) is 0 Å². The van der Waals surface area contributed by atoms with Gasteiger partial charge in [-0.3, -0.25) is 10.1 Å². The minimum Gasteiger partial charge on any atom is -0.370 e. The highest BCUT2D eigenvalue weighted by Gasteiger charge is 2.02. The maximum absolute atomic E-state index is 7.13. The van der Waals surface area contributed by atoms with Crippen LogP contribution < -0.4 is 5.73 Å². The van der Waals surface area contributed by atoms with Gasteiger partial charge in [-0.1, -0.05) is 0 Å². The van der Waals surface area contributed by atoms with Crippen molar-refractivity contribution >= 4 is 5.96 Å². The predicted molar refractivity (Wildman–Crippen MR) is 46.6 cm³/mol. The zero-order valence-electron chi connectivity index (χ0n) is 7.28. The van der Waals surface area contributed by atoms with Crippen molar-refractivity contribution in [3.63, 3.8) is 0 Å². The maximum atomic E-state index is 7.13. The normalized spacial score (nSPS) is 9.83. The number of aromatic nitrogens is 2. The van der Waals surface area contributed by atoms with Crippen molar-refractivity contribution < 1.29 is 0 Å². The summed E-state index contributed by atoms with van der Waals surface area (Å²) < 4.78 is 1.73. The van der Waals surface area contributed by atoms with E-state index in [1.54, 1.807) is 22.8 Å². The molecule has 66 valence electrons. The Morgan fingerprint density at radius 2 is 2.50 bits per heavy atom. The molecule has 0 aliphatic carbocycles. The van der Waals surface area contributed by atoms with Crippen LogP contribution in [0.4, 0.5) is 0 Å². The van der Waals surface area contributed by atoms with Crippen molar-refractivity contribution in [2.75, 3.05) is 7.05 Å². The van der Waals surface area contributed by atoms with Gasteiger partial charge in [0.05, 0.1) is 6.20 Å². The summed E-state index contributed by atoms with van der Waals surface area (Å²) >= 11 is 0. The molecule has 1 heterocycles. The summed E-state index contributed by atoms with van der Waals surface area (Å²) in [4.78, 5) is 1.65. The maximum Gasteiger partial charge on any atom is 0.188 e. The highest BCUT2D eigenvalue weighted by molar-refractivity contribution is 5.74. The minimum absolute atomic E-state index is 0.0684. The van der Waals surface area contributed by atoms with E-state index in [-0.39, 0.29) is 5.96 Å². The standard InChI is InChI=1S/C7H13N5/c1-11(7(8)9)4-6-3-10-12(2)5-6/h3,5H,4H2,1-2H3,(H3,8,9). The summed E-state index contributed by atoms with van der Waals surface area (Å²) in [6.45, 7) is 0.628. The molecule has 0 unspecified atom stereocenters. The minimum atomic E-state index is 0.0684. The molecular weight excluding hydrogens is 154 g/mol. The Kier molecular flexibility index (Phi) is 2.32. The van der Waals surface area contributed by atoms with Gasteiger partial charge < -0.3 is 10.6 Å². The zero-order valence-corrected chi connectivity index (χ0v) is 7.28. The lowest BCUT2D eigenvalue weighted by Crippen LogP contribution is -2.32. The van der Waals surface area contributed by atoms with Gasteiger partial charge in [0, 0.05) is 32.4 Å². The highest BCUT2D eigenvalue weighted by Crippen LogP contribution is 1.99. The Hall–Kier alpha value is -1.52. The van der Waals surface area contributed by atoms with Gasteiger partial charge in [-0.05, 0) is 0 Å². The Bertz CT molecular complexity index is 277. The summed E-state index contributed by atoms with van der Waals surface area (Å²) in [5.74, 6) is 0.0684. The van der Waals surface area contributed by atoms with Crippen LogP contribution in [0.5, 0.6) is 0 Å². The SMILES string of the molecule is CN(Cc1cnn(C)c1)C(=N)N. The second kappa shape index (κ2) is 3.25. The van der Waals surface area contributed by atoms with E-state index in [0.717, 1.165) is 5.56 Å². The molecule has 1 aromatic rings. The van der Waals surface area contributed by atoms with Gasteiger partial charge in [0.15, 0.2) is 5.96 Å². The molecule has 0 atom stereocenters. The van der Waals surface area contributed by atoms with E-state index in [0.29, 0.717) is 6.54 Å². The summed E-state index contributed by atoms with van der Waals surface area (Å²) in [6.07, 6.45) is 3.67. The molecule has 12 heavy (non-hydrogen) atoms. The largest absolute Gasteiger partial charge is 0.370 e. The Labute approximate surface area is 71.3 Å². The van der Waals surface area contributed by atoms with Crippen LogP contribution in [0.1, 0.15) is 5.56 Å². The van der Waals surface area contributed by atoms with Gasteiger partial charge in [0.25, 0.3) is 0 Å². The number of nitrogens with two attached hydrogens (primary N) is 1. The Balaban J connectivity index is 2.58. The molecule has 1 rings (SSSR count). The van der Waals surface area contributed by atoms with Crippen LogP contribution in [0.3, 0.4) is 0 Å². The van der Waals surface area contributed by atoms with Crippen LogP contribution in [-0.4, -0.2) is 27.7 Å². The lowest BCUT2D eigenvalue weighted by Gasteiger charge is -2.14. The van der Waals surface area contributed by atoms with Gasteiger partial charge in [-0.25, -0.2) is 0 Å². The fraction of sp³-hybridized carbons (Fsp3) is 0.429. The quantitative estimate of drug-likeness (QED) is 0.471. The summed E-state index contributed by atoms with van der Waals surface area (Å²) in [5, 5.41) is 11.1. The number of hydrogen-bond donors (Lipinski definition) is 2. The average Bonchev–Trinajstić information content (AvgIpc) is 2.35. The third kappa shape index (κ3) is 1.98. The van der Waals surface area contributed by atoms with Crippen molar-refractivity contribution in [3.05, 3.63) is 18.0 Å². The third-order valence-electron chi connectivity index (χ3n) is 1.59. The van der Waals surface area contributed by atoms with Crippen LogP contribution >= 0.6 is 0 Å². The van der Waals surface area contributed by atoms with Gasteiger partial charge >= 0.3 is 0 Å². The fourth-order valence-electron chi connectivity index (χ4n) is 0.913. The van der Waals surface area contributed by atoms with E-state index in [2.05, 4.69) is 5.10 Å². The number of nitrogens with one attached hydrogen (secondary N) is 1. The smallest absolute Gasteiger partial charge is 0.188 e. The van der Waals surface area contributed by atoms with Crippen LogP contribution in [0.15, 0.2) is 12.4 Å². The lowest BCUT2D eigenvalue weighted by atomic mass is 10.3. The molecule has 0 spiro atoms. The Morgan fingerprint density at radius 3 is 2.92 bits per heavy atom. The Morgan fingerprint density at radius 1 is 1.83 bits per heavy atom. The monoisotopic (exact) mass is 167 g/mol. The molecule has 0 bridgehead atoms. The van der Waals surface area contributed by atoms with E-state index < -0.39 is 0 Å². The second-order valence-electron chi connectivity index (χ2n) is 2.76. The van der Waals surface area contributed by atoms with Gasteiger partial charge in [-0.15, -0.1) is 0 Å². The number of nitrogens with zero attached hydrogens (tertiary/aromatic N) is 3. The third-order valence-corrected chi connectivity index (χ3v) is 1.59. The molecule has 0 saturated carbocycles. The van der Waals surface area contributed by atoms with Crippen molar-refractivity contribution in [2.45, 2.75) is 6.54 Å². The molecule has 3 N–H and O–H groups in total. The zero-order chi connectivity index (χ0) is 9.14. The summed E-state index contributed by atoms with van der Waals surface area (Å²) in [5.41, 5.74) is 6.32. The predicted octanol–water partition coefficient (Wildman–Crippen LogP) is -0.255. The lowest BCUT2D eigenvalue weighted by molar-refractivity contribution is 0.491. The molecule has 0 aliphatic rings. The summed E-state index contributed by atoms with van der Waals surface area (Å²) in [7, 11) is 3.63. The van der Waals surface area contributed by atoms with Gasteiger partial charge in [-0.2, -0.15) is 5.10 Å². The number of hydrogen-bond acceptors (Lipinski definition) is 2. The molecule has 5 heteroatoms. The number of rotatable bonds is 2. The average molecular weight is 167 g/mol. The van der Waals surface area contributed by atoms with Crippen LogP contribution in [-0.2, 0) is 13.6 Å². The molecule has 0 aromatic carbocycles. The molecule has 0 fully saturated rings. The van der Waals surface area contributed by atoms with Crippen molar-refractivity contribution in [1.82, 2.24) is 14.7 Å². The second-order valence-corrected chi connectivity index (χ2v) is 2.76.